The highest BCUT2D eigenvalue weighted by molar-refractivity contribution is 6.24. The van der Waals surface area contributed by atoms with Gasteiger partial charge in [0.15, 0.2) is 5.78 Å². The first kappa shape index (κ1) is 14.2. The molecule has 0 spiro atoms. The minimum absolute atomic E-state index is 0.0295. The second-order valence-electron chi connectivity index (χ2n) is 6.53. The third-order valence-corrected chi connectivity index (χ3v) is 3.60. The minimum Gasteiger partial charge on any atom is -0.493 e. The van der Waals surface area contributed by atoms with Crippen LogP contribution < -0.4 is 4.74 Å². The van der Waals surface area contributed by atoms with E-state index in [0.717, 1.165) is 29.4 Å². The lowest BCUT2D eigenvalue weighted by molar-refractivity contribution is 0.101. The number of hydrogen-bond acceptors (Lipinski definition) is 2. The summed E-state index contributed by atoms with van der Waals surface area (Å²) >= 11 is 0. The molecule has 1 aromatic carbocycles. The summed E-state index contributed by atoms with van der Waals surface area (Å²) in [7, 11) is 1.90. The van der Waals surface area contributed by atoms with Crippen LogP contribution in [0.1, 0.15) is 49.5 Å². The van der Waals surface area contributed by atoms with Crippen molar-refractivity contribution >= 4 is 13.6 Å². The molecule has 102 valence electrons. The first-order chi connectivity index (χ1) is 8.90. The second-order valence-corrected chi connectivity index (χ2v) is 6.53. The number of rotatable bonds is 5. The van der Waals surface area contributed by atoms with Gasteiger partial charge in [-0.1, -0.05) is 20.8 Å². The van der Waals surface area contributed by atoms with Crippen molar-refractivity contribution in [3.63, 3.8) is 0 Å². The molecule has 1 saturated carbocycles. The summed E-state index contributed by atoms with van der Waals surface area (Å²) in [6.07, 6.45) is 3.09. The molecule has 0 N–H and O–H groups in total. The lowest BCUT2D eigenvalue weighted by Crippen LogP contribution is -2.13. The maximum Gasteiger partial charge on any atom is 0.155 e. The number of hydrogen-bond donors (Lipinski definition) is 0. The standard InChI is InChI=1S/C16H23BO2/c1-16(2,3)13-6-12(15(18)9-17)7-14(8-13)19-10-11-4-5-11/h6-8,11H,4-5,9-10,17H2,1-3H3. The number of carbonyl (C=O) groups excluding carboxylic acids is 1. The Morgan fingerprint density at radius 2 is 2.00 bits per heavy atom. The molecule has 1 aliphatic carbocycles. The molecule has 1 aliphatic rings. The van der Waals surface area contributed by atoms with E-state index in [2.05, 4.69) is 26.8 Å². The largest absolute Gasteiger partial charge is 0.493 e. The van der Waals surface area contributed by atoms with Gasteiger partial charge in [-0.05, 0) is 54.3 Å². The molecule has 2 rings (SSSR count). The average Bonchev–Trinajstić information content (AvgIpc) is 3.18. The highest BCUT2D eigenvalue weighted by Gasteiger charge is 2.23. The number of ether oxygens (including phenoxy) is 1. The smallest absolute Gasteiger partial charge is 0.155 e. The Balaban J connectivity index is 2.27. The van der Waals surface area contributed by atoms with E-state index in [1.165, 1.54) is 12.8 Å². The summed E-state index contributed by atoms with van der Waals surface area (Å²) in [5.74, 6) is 1.75. The van der Waals surface area contributed by atoms with Gasteiger partial charge in [-0.2, -0.15) is 0 Å². The van der Waals surface area contributed by atoms with Crippen LogP contribution in [0, 0.1) is 5.92 Å². The van der Waals surface area contributed by atoms with Crippen LogP contribution in [-0.4, -0.2) is 20.2 Å². The third kappa shape index (κ3) is 3.86. The molecule has 0 aliphatic heterocycles. The Kier molecular flexibility index (Phi) is 4.03. The number of carbonyl (C=O) groups is 1. The fraction of sp³-hybridized carbons (Fsp3) is 0.562. The summed E-state index contributed by atoms with van der Waals surface area (Å²) in [6.45, 7) is 7.26. The van der Waals surface area contributed by atoms with Gasteiger partial charge in [-0.3, -0.25) is 4.79 Å². The molecule has 3 heteroatoms. The van der Waals surface area contributed by atoms with Crippen LogP contribution >= 0.6 is 0 Å². The summed E-state index contributed by atoms with van der Waals surface area (Å²) < 4.78 is 5.85. The number of ketones is 1. The lowest BCUT2D eigenvalue weighted by atomic mass is 9.84. The fourth-order valence-corrected chi connectivity index (χ4v) is 1.98. The van der Waals surface area contributed by atoms with Crippen LogP contribution in [0.5, 0.6) is 5.75 Å². The third-order valence-electron chi connectivity index (χ3n) is 3.60. The van der Waals surface area contributed by atoms with E-state index in [4.69, 9.17) is 4.74 Å². The van der Waals surface area contributed by atoms with Gasteiger partial charge in [0.2, 0.25) is 0 Å². The van der Waals surface area contributed by atoms with E-state index in [1.807, 2.05) is 20.0 Å². The highest BCUT2D eigenvalue weighted by atomic mass is 16.5. The first-order valence-electron chi connectivity index (χ1n) is 7.21. The Morgan fingerprint density at radius 1 is 1.32 bits per heavy atom. The van der Waals surface area contributed by atoms with E-state index >= 15 is 0 Å². The molecule has 0 heterocycles. The van der Waals surface area contributed by atoms with Crippen LogP contribution in [-0.2, 0) is 5.41 Å². The Bertz CT molecular complexity index is 470. The van der Waals surface area contributed by atoms with Gasteiger partial charge in [0.1, 0.15) is 13.6 Å². The molecule has 0 aromatic heterocycles. The number of Topliss-reactive ketones (excluding diaryl/α,β-unsaturated/α-hetero) is 1. The molecular weight excluding hydrogens is 235 g/mol. The van der Waals surface area contributed by atoms with Gasteiger partial charge in [0, 0.05) is 5.56 Å². The highest BCUT2D eigenvalue weighted by Crippen LogP contribution is 2.32. The van der Waals surface area contributed by atoms with Crippen LogP contribution in [0.25, 0.3) is 0 Å². The van der Waals surface area contributed by atoms with Crippen LogP contribution in [0.2, 0.25) is 6.32 Å². The molecule has 1 fully saturated rings. The second kappa shape index (κ2) is 5.40. The van der Waals surface area contributed by atoms with Crippen molar-refractivity contribution in [2.24, 2.45) is 5.92 Å². The van der Waals surface area contributed by atoms with Crippen molar-refractivity contribution in [3.05, 3.63) is 29.3 Å². The Hall–Kier alpha value is -1.25. The van der Waals surface area contributed by atoms with Gasteiger partial charge >= 0.3 is 0 Å². The molecule has 0 amide bonds. The zero-order chi connectivity index (χ0) is 14.0. The Labute approximate surface area is 117 Å². The van der Waals surface area contributed by atoms with E-state index in [9.17, 15) is 4.79 Å². The summed E-state index contributed by atoms with van der Waals surface area (Å²) in [6, 6.07) is 5.98. The zero-order valence-corrected chi connectivity index (χ0v) is 12.5. The van der Waals surface area contributed by atoms with Crippen LogP contribution in [0.4, 0.5) is 0 Å². The van der Waals surface area contributed by atoms with E-state index in [-0.39, 0.29) is 11.2 Å². The quantitative estimate of drug-likeness (QED) is 0.599. The molecule has 0 saturated heterocycles. The lowest BCUT2D eigenvalue weighted by Gasteiger charge is -2.21. The summed E-state index contributed by atoms with van der Waals surface area (Å²) in [4.78, 5) is 11.9. The molecule has 0 bridgehead atoms. The molecule has 0 atom stereocenters. The van der Waals surface area contributed by atoms with Gasteiger partial charge in [0.05, 0.1) is 6.61 Å². The van der Waals surface area contributed by atoms with Crippen molar-refractivity contribution < 1.29 is 9.53 Å². The van der Waals surface area contributed by atoms with Gasteiger partial charge in [-0.15, -0.1) is 0 Å². The molecule has 0 radical (unpaired) electrons. The summed E-state index contributed by atoms with van der Waals surface area (Å²) in [5, 5.41) is 0. The van der Waals surface area contributed by atoms with Crippen molar-refractivity contribution in [2.75, 3.05) is 6.61 Å². The predicted molar refractivity (Wildman–Crippen MR) is 81.0 cm³/mol. The first-order valence-corrected chi connectivity index (χ1v) is 7.21. The van der Waals surface area contributed by atoms with E-state index in [0.29, 0.717) is 6.32 Å². The van der Waals surface area contributed by atoms with Crippen LogP contribution in [0.15, 0.2) is 18.2 Å². The van der Waals surface area contributed by atoms with Gasteiger partial charge in [-0.25, -0.2) is 0 Å². The monoisotopic (exact) mass is 258 g/mol. The SMILES string of the molecule is BCC(=O)c1cc(OCC2CC2)cc(C(C)(C)C)c1. The van der Waals surface area contributed by atoms with E-state index in [1.54, 1.807) is 0 Å². The zero-order valence-electron chi connectivity index (χ0n) is 12.5. The van der Waals surface area contributed by atoms with Crippen molar-refractivity contribution in [1.29, 1.82) is 0 Å². The molecule has 0 unspecified atom stereocenters. The normalized spacial score (nSPS) is 15.3. The summed E-state index contributed by atoms with van der Waals surface area (Å²) in [5.41, 5.74) is 1.97. The maximum absolute atomic E-state index is 11.9. The molecule has 19 heavy (non-hydrogen) atoms. The van der Waals surface area contributed by atoms with E-state index < -0.39 is 0 Å². The molecule has 1 aromatic rings. The van der Waals surface area contributed by atoms with Crippen LogP contribution in [0.3, 0.4) is 0 Å². The predicted octanol–water partition coefficient (Wildman–Crippen LogP) is 3.01. The number of benzene rings is 1. The molecular formula is C16H23BO2. The topological polar surface area (TPSA) is 26.3 Å². The maximum atomic E-state index is 11.9. The van der Waals surface area contributed by atoms with Crippen molar-refractivity contribution in [3.8, 4) is 5.75 Å². The van der Waals surface area contributed by atoms with Gasteiger partial charge in [0.25, 0.3) is 0 Å². The fourth-order valence-electron chi connectivity index (χ4n) is 1.98. The average molecular weight is 258 g/mol. The minimum atomic E-state index is 0.0295. The van der Waals surface area contributed by atoms with Crippen molar-refractivity contribution in [2.45, 2.75) is 45.3 Å². The molecule has 2 nitrogen and oxygen atoms in total. The van der Waals surface area contributed by atoms with Crippen molar-refractivity contribution in [1.82, 2.24) is 0 Å². The van der Waals surface area contributed by atoms with Gasteiger partial charge < -0.3 is 4.74 Å². The Morgan fingerprint density at radius 3 is 2.53 bits per heavy atom.